The highest BCUT2D eigenvalue weighted by Crippen LogP contribution is 2.22. The molecule has 0 spiro atoms. The topological polar surface area (TPSA) is 20.3 Å². The van der Waals surface area contributed by atoms with Gasteiger partial charge in [-0.2, -0.15) is 11.8 Å². The van der Waals surface area contributed by atoms with Gasteiger partial charge in [-0.3, -0.25) is 9.69 Å². The van der Waals surface area contributed by atoms with E-state index in [2.05, 4.69) is 4.90 Å². The van der Waals surface area contributed by atoms with Crippen molar-refractivity contribution in [3.8, 4) is 0 Å². The molecular formula is C18H17ClFNOS. The molecule has 0 bridgehead atoms. The molecule has 1 saturated heterocycles. The number of hydrogen-bond donors (Lipinski definition) is 0. The van der Waals surface area contributed by atoms with E-state index >= 15 is 0 Å². The van der Waals surface area contributed by atoms with E-state index in [1.54, 1.807) is 6.07 Å². The Labute approximate surface area is 144 Å². The number of carbonyl (C=O) groups excluding carboxylic acids is 1. The lowest BCUT2D eigenvalue weighted by atomic mass is 10.0. The van der Waals surface area contributed by atoms with Gasteiger partial charge in [-0.05, 0) is 29.8 Å². The van der Waals surface area contributed by atoms with Gasteiger partial charge in [-0.25, -0.2) is 4.39 Å². The second kappa shape index (κ2) is 7.47. The molecule has 1 aliphatic heterocycles. The third-order valence-electron chi connectivity index (χ3n) is 3.87. The van der Waals surface area contributed by atoms with Crippen molar-refractivity contribution in [3.05, 3.63) is 70.0 Å². The molecule has 0 atom stereocenters. The van der Waals surface area contributed by atoms with E-state index in [1.807, 2.05) is 30.0 Å². The predicted octanol–water partition coefficient (Wildman–Crippen LogP) is 4.26. The van der Waals surface area contributed by atoms with Gasteiger partial charge in [0.05, 0.1) is 5.02 Å². The molecule has 2 aromatic rings. The molecule has 1 aliphatic rings. The lowest BCUT2D eigenvalue weighted by Crippen LogP contribution is -2.31. The minimum Gasteiger partial charge on any atom is -0.297 e. The largest absolute Gasteiger partial charge is 0.297 e. The van der Waals surface area contributed by atoms with Gasteiger partial charge in [0.15, 0.2) is 5.78 Å². The Balaban J connectivity index is 1.79. The highest BCUT2D eigenvalue weighted by Gasteiger charge is 2.15. The van der Waals surface area contributed by atoms with Crippen molar-refractivity contribution < 1.29 is 9.18 Å². The summed E-state index contributed by atoms with van der Waals surface area (Å²) in [5.41, 5.74) is 2.03. The van der Waals surface area contributed by atoms with Gasteiger partial charge in [0, 0.05) is 42.3 Å². The zero-order valence-corrected chi connectivity index (χ0v) is 14.2. The SMILES string of the molecule is O=C(c1cccc(CN2CCSCC2)c1)c1ccc(F)cc1Cl. The summed E-state index contributed by atoms with van der Waals surface area (Å²) in [4.78, 5) is 15.0. The van der Waals surface area contributed by atoms with Crippen LogP contribution in [-0.2, 0) is 6.54 Å². The maximum atomic E-state index is 13.1. The number of hydrogen-bond acceptors (Lipinski definition) is 3. The molecule has 1 heterocycles. The van der Waals surface area contributed by atoms with Crippen molar-refractivity contribution in [1.29, 1.82) is 0 Å². The van der Waals surface area contributed by atoms with E-state index in [4.69, 9.17) is 11.6 Å². The Morgan fingerprint density at radius 1 is 1.17 bits per heavy atom. The number of nitrogens with zero attached hydrogens (tertiary/aromatic N) is 1. The maximum absolute atomic E-state index is 13.1. The lowest BCUT2D eigenvalue weighted by molar-refractivity contribution is 0.103. The molecule has 0 aromatic heterocycles. The Morgan fingerprint density at radius 2 is 1.96 bits per heavy atom. The number of thioether (sulfide) groups is 1. The summed E-state index contributed by atoms with van der Waals surface area (Å²) in [5.74, 6) is 1.70. The molecule has 0 radical (unpaired) electrons. The summed E-state index contributed by atoms with van der Waals surface area (Å²) in [6.07, 6.45) is 0. The molecular weight excluding hydrogens is 333 g/mol. The summed E-state index contributed by atoms with van der Waals surface area (Å²) in [6.45, 7) is 3.00. The van der Waals surface area contributed by atoms with E-state index in [9.17, 15) is 9.18 Å². The van der Waals surface area contributed by atoms with Gasteiger partial charge in [0.2, 0.25) is 0 Å². The van der Waals surface area contributed by atoms with Crippen molar-refractivity contribution in [1.82, 2.24) is 4.90 Å². The Kier molecular flexibility index (Phi) is 5.36. The quantitative estimate of drug-likeness (QED) is 0.769. The van der Waals surface area contributed by atoms with Crippen molar-refractivity contribution in [2.45, 2.75) is 6.54 Å². The molecule has 2 nitrogen and oxygen atoms in total. The molecule has 1 fully saturated rings. The minimum absolute atomic E-state index is 0.147. The van der Waals surface area contributed by atoms with E-state index in [0.717, 1.165) is 36.7 Å². The summed E-state index contributed by atoms with van der Waals surface area (Å²) in [6, 6.07) is 11.5. The van der Waals surface area contributed by atoms with Crippen LogP contribution in [0, 0.1) is 5.82 Å². The van der Waals surface area contributed by atoms with Crippen LogP contribution in [0.2, 0.25) is 5.02 Å². The first-order valence-electron chi connectivity index (χ1n) is 7.52. The minimum atomic E-state index is -0.441. The number of carbonyl (C=O) groups is 1. The zero-order chi connectivity index (χ0) is 16.2. The van der Waals surface area contributed by atoms with Crippen LogP contribution in [0.5, 0.6) is 0 Å². The summed E-state index contributed by atoms with van der Waals surface area (Å²) < 4.78 is 13.1. The average molecular weight is 350 g/mol. The van der Waals surface area contributed by atoms with E-state index in [1.165, 1.54) is 18.2 Å². The van der Waals surface area contributed by atoms with Crippen LogP contribution < -0.4 is 0 Å². The van der Waals surface area contributed by atoms with Crippen molar-refractivity contribution in [2.24, 2.45) is 0 Å². The van der Waals surface area contributed by atoms with Gasteiger partial charge in [-0.1, -0.05) is 29.8 Å². The number of ketones is 1. The van der Waals surface area contributed by atoms with Crippen LogP contribution in [0.1, 0.15) is 21.5 Å². The molecule has 120 valence electrons. The average Bonchev–Trinajstić information content (AvgIpc) is 2.55. The maximum Gasteiger partial charge on any atom is 0.194 e. The van der Waals surface area contributed by atoms with Gasteiger partial charge in [-0.15, -0.1) is 0 Å². The van der Waals surface area contributed by atoms with Crippen molar-refractivity contribution in [3.63, 3.8) is 0 Å². The second-order valence-corrected chi connectivity index (χ2v) is 7.17. The Hall–Kier alpha value is -1.36. The smallest absolute Gasteiger partial charge is 0.194 e. The molecule has 3 rings (SSSR count). The van der Waals surface area contributed by atoms with Crippen LogP contribution in [-0.4, -0.2) is 35.3 Å². The number of halogens is 2. The van der Waals surface area contributed by atoms with Crippen LogP contribution in [0.4, 0.5) is 4.39 Å². The molecule has 0 amide bonds. The first-order chi connectivity index (χ1) is 11.1. The van der Waals surface area contributed by atoms with E-state index in [0.29, 0.717) is 11.1 Å². The summed E-state index contributed by atoms with van der Waals surface area (Å²) >= 11 is 7.97. The fraction of sp³-hybridized carbons (Fsp3) is 0.278. The molecule has 23 heavy (non-hydrogen) atoms. The van der Waals surface area contributed by atoms with Crippen LogP contribution >= 0.6 is 23.4 Å². The number of rotatable bonds is 4. The standard InChI is InChI=1S/C18H17ClFNOS/c19-17-11-15(20)4-5-16(17)18(22)14-3-1-2-13(10-14)12-21-6-8-23-9-7-21/h1-5,10-11H,6-9,12H2. The van der Waals surface area contributed by atoms with Gasteiger partial charge in [0.1, 0.15) is 5.82 Å². The fourth-order valence-electron chi connectivity index (χ4n) is 2.66. The number of benzene rings is 2. The molecule has 0 N–H and O–H groups in total. The summed E-state index contributed by atoms with van der Waals surface area (Å²) in [7, 11) is 0. The highest BCUT2D eigenvalue weighted by molar-refractivity contribution is 7.99. The first kappa shape index (κ1) is 16.5. The van der Waals surface area contributed by atoms with Gasteiger partial charge in [0.25, 0.3) is 0 Å². The van der Waals surface area contributed by atoms with Gasteiger partial charge < -0.3 is 0 Å². The Morgan fingerprint density at radius 3 is 2.70 bits per heavy atom. The molecule has 2 aromatic carbocycles. The Bertz CT molecular complexity index is 716. The second-order valence-electron chi connectivity index (χ2n) is 5.54. The van der Waals surface area contributed by atoms with E-state index in [-0.39, 0.29) is 10.8 Å². The van der Waals surface area contributed by atoms with Crippen molar-refractivity contribution >= 4 is 29.1 Å². The van der Waals surface area contributed by atoms with Crippen molar-refractivity contribution in [2.75, 3.05) is 24.6 Å². The van der Waals surface area contributed by atoms with Gasteiger partial charge >= 0.3 is 0 Å². The lowest BCUT2D eigenvalue weighted by Gasteiger charge is -2.26. The normalized spacial score (nSPS) is 15.6. The first-order valence-corrected chi connectivity index (χ1v) is 9.05. The van der Waals surface area contributed by atoms with Crippen LogP contribution in [0.15, 0.2) is 42.5 Å². The zero-order valence-electron chi connectivity index (χ0n) is 12.6. The molecule has 5 heteroatoms. The molecule has 0 unspecified atom stereocenters. The highest BCUT2D eigenvalue weighted by atomic mass is 35.5. The predicted molar refractivity (Wildman–Crippen MR) is 93.9 cm³/mol. The van der Waals surface area contributed by atoms with Crippen LogP contribution in [0.25, 0.3) is 0 Å². The summed E-state index contributed by atoms with van der Waals surface area (Å²) in [5, 5.41) is 0.147. The third kappa shape index (κ3) is 4.14. The molecule has 0 aliphatic carbocycles. The third-order valence-corrected chi connectivity index (χ3v) is 5.13. The van der Waals surface area contributed by atoms with Crippen LogP contribution in [0.3, 0.4) is 0 Å². The monoisotopic (exact) mass is 349 g/mol. The fourth-order valence-corrected chi connectivity index (χ4v) is 3.89. The van der Waals surface area contributed by atoms with E-state index < -0.39 is 5.82 Å². The molecule has 0 saturated carbocycles.